The van der Waals surface area contributed by atoms with Gasteiger partial charge >= 0.3 is 0 Å². The topological polar surface area (TPSA) is 73.6 Å². The second-order valence-electron chi connectivity index (χ2n) is 6.16. The van der Waals surface area contributed by atoms with Crippen molar-refractivity contribution in [3.05, 3.63) is 48.9 Å². The van der Waals surface area contributed by atoms with Crippen LogP contribution in [0.25, 0.3) is 16.2 Å². The summed E-state index contributed by atoms with van der Waals surface area (Å²) in [6, 6.07) is 9.59. The maximum Gasteiger partial charge on any atom is 0.214 e. The smallest absolute Gasteiger partial charge is 0.214 e. The van der Waals surface area contributed by atoms with E-state index in [9.17, 15) is 0 Å². The van der Waals surface area contributed by atoms with E-state index in [4.69, 9.17) is 9.47 Å². The fraction of sp³-hybridized carbons (Fsp3) is 0.211. The van der Waals surface area contributed by atoms with Gasteiger partial charge in [-0.05, 0) is 38.1 Å². The van der Waals surface area contributed by atoms with E-state index in [1.54, 1.807) is 24.0 Å². The van der Waals surface area contributed by atoms with Crippen molar-refractivity contribution in [3.63, 3.8) is 0 Å². The number of anilines is 2. The second kappa shape index (κ2) is 7.24. The molecule has 0 unspecified atom stereocenters. The van der Waals surface area contributed by atoms with Crippen molar-refractivity contribution in [1.82, 2.24) is 19.6 Å². The van der Waals surface area contributed by atoms with Gasteiger partial charge in [0.2, 0.25) is 10.1 Å². The molecule has 0 aliphatic rings. The number of ether oxygens (including phenoxy) is 2. The lowest BCUT2D eigenvalue weighted by atomic mass is 10.2. The molecule has 0 aliphatic carbocycles. The minimum Gasteiger partial charge on any atom is -0.493 e. The van der Waals surface area contributed by atoms with E-state index in [0.29, 0.717) is 11.5 Å². The monoisotopic (exact) mass is 381 g/mol. The third kappa shape index (κ3) is 3.70. The Labute approximate surface area is 160 Å². The molecule has 0 fully saturated rings. The van der Waals surface area contributed by atoms with Crippen molar-refractivity contribution in [2.75, 3.05) is 12.4 Å². The zero-order valence-corrected chi connectivity index (χ0v) is 16.0. The highest BCUT2D eigenvalue weighted by Crippen LogP contribution is 2.33. The van der Waals surface area contributed by atoms with Gasteiger partial charge < -0.3 is 14.8 Å². The van der Waals surface area contributed by atoms with Gasteiger partial charge in [0.05, 0.1) is 25.1 Å². The van der Waals surface area contributed by atoms with Crippen molar-refractivity contribution >= 4 is 27.1 Å². The summed E-state index contributed by atoms with van der Waals surface area (Å²) >= 11 is 1.47. The van der Waals surface area contributed by atoms with Gasteiger partial charge in [0.1, 0.15) is 0 Å². The molecule has 4 rings (SSSR count). The van der Waals surface area contributed by atoms with Crippen molar-refractivity contribution in [1.29, 1.82) is 0 Å². The molecule has 1 aromatic carbocycles. The minimum atomic E-state index is 0.0819. The first-order valence-electron chi connectivity index (χ1n) is 8.50. The van der Waals surface area contributed by atoms with Crippen LogP contribution in [0, 0.1) is 0 Å². The van der Waals surface area contributed by atoms with Gasteiger partial charge in [-0.1, -0.05) is 11.3 Å². The van der Waals surface area contributed by atoms with Crippen LogP contribution in [0.2, 0.25) is 0 Å². The summed E-state index contributed by atoms with van der Waals surface area (Å²) in [5, 5.41) is 8.59. The Kier molecular flexibility index (Phi) is 4.64. The second-order valence-corrected chi connectivity index (χ2v) is 7.12. The average molecular weight is 381 g/mol. The maximum atomic E-state index is 5.75. The van der Waals surface area contributed by atoms with Crippen molar-refractivity contribution < 1.29 is 9.47 Å². The number of imidazole rings is 1. The van der Waals surface area contributed by atoms with Crippen LogP contribution in [-0.4, -0.2) is 32.8 Å². The van der Waals surface area contributed by atoms with Gasteiger partial charge in [0.25, 0.3) is 0 Å². The zero-order valence-electron chi connectivity index (χ0n) is 15.2. The molecule has 0 saturated carbocycles. The highest BCUT2D eigenvalue weighted by Gasteiger charge is 2.12. The summed E-state index contributed by atoms with van der Waals surface area (Å²) in [4.78, 5) is 9.56. The van der Waals surface area contributed by atoms with E-state index in [1.807, 2.05) is 50.4 Å². The summed E-state index contributed by atoms with van der Waals surface area (Å²) in [6.45, 7) is 3.97. The van der Waals surface area contributed by atoms with E-state index >= 15 is 0 Å². The molecule has 0 atom stereocenters. The van der Waals surface area contributed by atoms with E-state index in [-0.39, 0.29) is 6.10 Å². The Morgan fingerprint density at radius 2 is 2.07 bits per heavy atom. The van der Waals surface area contributed by atoms with Crippen molar-refractivity contribution in [2.24, 2.45) is 0 Å². The molecule has 0 amide bonds. The lowest BCUT2D eigenvalue weighted by Gasteiger charge is -2.14. The molecule has 0 aliphatic heterocycles. The van der Waals surface area contributed by atoms with Crippen molar-refractivity contribution in [3.8, 4) is 22.8 Å². The van der Waals surface area contributed by atoms with Crippen LogP contribution in [0.15, 0.2) is 48.9 Å². The molecular formula is C19H19N5O2S. The number of fused-ring (bicyclic) bond motifs is 1. The van der Waals surface area contributed by atoms with Crippen LogP contribution >= 0.6 is 11.3 Å². The molecule has 27 heavy (non-hydrogen) atoms. The third-order valence-electron chi connectivity index (χ3n) is 3.78. The average Bonchev–Trinajstić information content (AvgIpc) is 3.22. The number of aromatic nitrogens is 4. The van der Waals surface area contributed by atoms with E-state index < -0.39 is 0 Å². The molecule has 8 heteroatoms. The maximum absolute atomic E-state index is 5.75. The molecule has 1 N–H and O–H groups in total. The fourth-order valence-electron chi connectivity index (χ4n) is 2.62. The SMILES string of the molecule is COc1cc(Nc2nn3cc(-c4cccnc4)nc3s2)ccc1OC(C)C. The number of nitrogens with one attached hydrogen (secondary N) is 1. The van der Waals surface area contributed by atoms with Gasteiger partial charge in [0, 0.05) is 29.7 Å². The lowest BCUT2D eigenvalue weighted by molar-refractivity contribution is 0.230. The van der Waals surface area contributed by atoms with Gasteiger partial charge in [-0.2, -0.15) is 0 Å². The van der Waals surface area contributed by atoms with Gasteiger partial charge in [-0.15, -0.1) is 5.10 Å². The molecule has 0 spiro atoms. The van der Waals surface area contributed by atoms with Crippen molar-refractivity contribution in [2.45, 2.75) is 20.0 Å². The Morgan fingerprint density at radius 1 is 1.19 bits per heavy atom. The first kappa shape index (κ1) is 17.3. The summed E-state index contributed by atoms with van der Waals surface area (Å²) in [7, 11) is 1.63. The Hall–Kier alpha value is -3.13. The molecule has 7 nitrogen and oxygen atoms in total. The quantitative estimate of drug-likeness (QED) is 0.534. The normalized spacial score (nSPS) is 11.1. The van der Waals surface area contributed by atoms with E-state index in [0.717, 1.165) is 27.0 Å². The van der Waals surface area contributed by atoms with Crippen LogP contribution in [0.3, 0.4) is 0 Å². The molecule has 138 valence electrons. The number of pyridine rings is 1. The third-order valence-corrected chi connectivity index (χ3v) is 4.62. The highest BCUT2D eigenvalue weighted by molar-refractivity contribution is 7.20. The fourth-order valence-corrected chi connectivity index (χ4v) is 3.43. The summed E-state index contributed by atoms with van der Waals surface area (Å²) < 4.78 is 12.9. The molecular weight excluding hydrogens is 362 g/mol. The van der Waals surface area contributed by atoms with Crippen LogP contribution in [-0.2, 0) is 0 Å². The van der Waals surface area contributed by atoms with E-state index in [2.05, 4.69) is 20.4 Å². The standard InChI is InChI=1S/C19H19N5O2S/c1-12(2)26-16-7-6-14(9-17(16)25-3)21-18-23-24-11-15(22-19(24)27-18)13-5-4-8-20-10-13/h4-12H,1-3H3,(H,21,23). The van der Waals surface area contributed by atoms with Gasteiger partial charge in [-0.25, -0.2) is 9.50 Å². The predicted octanol–water partition coefficient (Wildman–Crippen LogP) is 4.39. The molecule has 0 saturated heterocycles. The summed E-state index contributed by atoms with van der Waals surface area (Å²) in [5.74, 6) is 1.39. The first-order chi connectivity index (χ1) is 13.1. The number of rotatable bonds is 6. The number of hydrogen-bond acceptors (Lipinski definition) is 7. The Morgan fingerprint density at radius 3 is 2.78 bits per heavy atom. The minimum absolute atomic E-state index is 0.0819. The molecule has 4 aromatic rings. The van der Waals surface area contributed by atoms with E-state index in [1.165, 1.54) is 11.3 Å². The van der Waals surface area contributed by atoms with Gasteiger partial charge in [-0.3, -0.25) is 4.98 Å². The van der Waals surface area contributed by atoms with Crippen LogP contribution in [0.1, 0.15) is 13.8 Å². The summed E-state index contributed by atoms with van der Waals surface area (Å²) in [5.41, 5.74) is 2.69. The lowest BCUT2D eigenvalue weighted by Crippen LogP contribution is -2.06. The van der Waals surface area contributed by atoms with Gasteiger partial charge in [0.15, 0.2) is 11.5 Å². The number of nitrogens with zero attached hydrogens (tertiary/aromatic N) is 4. The molecule has 3 heterocycles. The molecule has 3 aromatic heterocycles. The van der Waals surface area contributed by atoms with Crippen LogP contribution in [0.5, 0.6) is 11.5 Å². The van der Waals surface area contributed by atoms with Crippen LogP contribution < -0.4 is 14.8 Å². The molecule has 0 bridgehead atoms. The largest absolute Gasteiger partial charge is 0.493 e. The summed E-state index contributed by atoms with van der Waals surface area (Å²) in [6.07, 6.45) is 5.51. The number of methoxy groups -OCH3 is 1. The predicted molar refractivity (Wildman–Crippen MR) is 106 cm³/mol. The number of hydrogen-bond donors (Lipinski definition) is 1. The number of benzene rings is 1. The zero-order chi connectivity index (χ0) is 18.8. The molecule has 0 radical (unpaired) electrons. The Balaban J connectivity index is 1.56. The van der Waals surface area contributed by atoms with Crippen LogP contribution in [0.4, 0.5) is 10.8 Å². The highest BCUT2D eigenvalue weighted by atomic mass is 32.1. The Bertz CT molecular complexity index is 1030. The first-order valence-corrected chi connectivity index (χ1v) is 9.32.